The van der Waals surface area contributed by atoms with Gasteiger partial charge >= 0.3 is 5.92 Å². The van der Waals surface area contributed by atoms with Gasteiger partial charge in [0.1, 0.15) is 28.5 Å². The van der Waals surface area contributed by atoms with E-state index in [1.165, 1.54) is 20.1 Å². The summed E-state index contributed by atoms with van der Waals surface area (Å²) in [6, 6.07) is 15.0. The van der Waals surface area contributed by atoms with E-state index in [1.807, 2.05) is 0 Å². The molecule has 3 aromatic carbocycles. The predicted octanol–water partition coefficient (Wildman–Crippen LogP) is 7.50. The molecule has 168 valence electrons. The Labute approximate surface area is 192 Å². The Morgan fingerprint density at radius 2 is 1.70 bits per heavy atom. The third kappa shape index (κ3) is 4.50. The first-order chi connectivity index (χ1) is 15.8. The van der Waals surface area contributed by atoms with Crippen LogP contribution in [0.2, 0.25) is 0 Å². The molecular weight excluding hydrogens is 449 g/mol. The first-order valence-electron chi connectivity index (χ1n) is 9.98. The molecule has 1 heterocycles. The van der Waals surface area contributed by atoms with Crippen LogP contribution >= 0.6 is 11.3 Å². The van der Waals surface area contributed by atoms with Gasteiger partial charge in [-0.15, -0.1) is 11.3 Å². The number of thiophene rings is 1. The van der Waals surface area contributed by atoms with Gasteiger partial charge in [-0.25, -0.2) is 4.39 Å². The summed E-state index contributed by atoms with van der Waals surface area (Å²) < 4.78 is 57.0. The molecule has 0 unspecified atom stereocenters. The minimum absolute atomic E-state index is 0.0301. The maximum Gasteiger partial charge on any atom is 0.311 e. The summed E-state index contributed by atoms with van der Waals surface area (Å²) in [6.07, 6.45) is 3.65. The van der Waals surface area contributed by atoms with Crippen LogP contribution < -0.4 is 9.47 Å². The van der Waals surface area contributed by atoms with E-state index >= 15 is 8.78 Å². The number of ether oxygens (including phenoxy) is 2. The van der Waals surface area contributed by atoms with Crippen molar-refractivity contribution in [2.24, 2.45) is 0 Å². The van der Waals surface area contributed by atoms with Crippen molar-refractivity contribution < 1.29 is 27.4 Å². The summed E-state index contributed by atoms with van der Waals surface area (Å²) in [5, 5.41) is 0.514. The second-order valence-corrected chi connectivity index (χ2v) is 8.37. The number of aryl methyl sites for hydroxylation is 1. The van der Waals surface area contributed by atoms with Crippen LogP contribution in [0.3, 0.4) is 0 Å². The minimum Gasteiger partial charge on any atom is -0.497 e. The summed E-state index contributed by atoms with van der Waals surface area (Å²) in [4.78, 5) is 10.2. The maximum atomic E-state index is 15.8. The highest BCUT2D eigenvalue weighted by Crippen LogP contribution is 2.51. The SMILES string of the molecule is COc1ccc2c(Oc3ccc(/C=C/C=O)cc3)c(C(F)(F)c3ccc(F)cc3C)sc2c1. The van der Waals surface area contributed by atoms with Crippen molar-refractivity contribution in [3.8, 4) is 17.2 Å². The zero-order valence-corrected chi connectivity index (χ0v) is 18.6. The van der Waals surface area contributed by atoms with E-state index in [9.17, 15) is 9.18 Å². The third-order valence-electron chi connectivity index (χ3n) is 5.13. The summed E-state index contributed by atoms with van der Waals surface area (Å²) in [5.41, 5.74) is 0.621. The first-order valence-corrected chi connectivity index (χ1v) is 10.8. The molecule has 33 heavy (non-hydrogen) atoms. The van der Waals surface area contributed by atoms with Crippen molar-refractivity contribution in [2.75, 3.05) is 7.11 Å². The zero-order valence-electron chi connectivity index (χ0n) is 17.8. The standard InChI is InChI=1S/C26H19F3O3S/c1-16-14-18(27)7-12-22(16)26(28,29)25-24(21-11-10-20(31-2)15-23(21)33-25)32-19-8-5-17(6-9-19)4-3-13-30/h3-15H,1-2H3/b4-3+. The monoisotopic (exact) mass is 468 g/mol. The third-order valence-corrected chi connectivity index (χ3v) is 6.33. The lowest BCUT2D eigenvalue weighted by molar-refractivity contribution is -0.104. The second-order valence-electron chi connectivity index (χ2n) is 7.32. The molecule has 0 amide bonds. The van der Waals surface area contributed by atoms with Crippen LogP contribution in [0.25, 0.3) is 16.2 Å². The number of hydrogen-bond donors (Lipinski definition) is 0. The summed E-state index contributed by atoms with van der Waals surface area (Å²) in [7, 11) is 1.50. The topological polar surface area (TPSA) is 35.5 Å². The van der Waals surface area contributed by atoms with Gasteiger partial charge in [-0.05, 0) is 72.7 Å². The fourth-order valence-corrected chi connectivity index (χ4v) is 4.65. The molecule has 0 fully saturated rings. The van der Waals surface area contributed by atoms with Gasteiger partial charge in [0.25, 0.3) is 0 Å². The van der Waals surface area contributed by atoms with E-state index in [0.29, 0.717) is 27.9 Å². The Kier molecular flexibility index (Phi) is 6.24. The number of halogens is 3. The lowest BCUT2D eigenvalue weighted by Gasteiger charge is -2.19. The molecule has 0 aliphatic heterocycles. The number of hydrogen-bond acceptors (Lipinski definition) is 4. The molecule has 3 nitrogen and oxygen atoms in total. The molecule has 0 saturated carbocycles. The molecule has 0 saturated heterocycles. The molecule has 0 bridgehead atoms. The van der Waals surface area contributed by atoms with Gasteiger partial charge in [-0.1, -0.05) is 18.2 Å². The molecule has 0 atom stereocenters. The Hall–Kier alpha value is -3.58. The van der Waals surface area contributed by atoms with Crippen LogP contribution in [0.4, 0.5) is 13.2 Å². The summed E-state index contributed by atoms with van der Waals surface area (Å²) >= 11 is 0.903. The fraction of sp³-hybridized carbons (Fsp3) is 0.115. The number of methoxy groups -OCH3 is 1. The van der Waals surface area contributed by atoms with Crippen molar-refractivity contribution >= 4 is 33.8 Å². The Morgan fingerprint density at radius 3 is 2.36 bits per heavy atom. The van der Waals surface area contributed by atoms with Gasteiger partial charge < -0.3 is 9.47 Å². The van der Waals surface area contributed by atoms with Gasteiger partial charge in [-0.3, -0.25) is 4.79 Å². The van der Waals surface area contributed by atoms with Crippen LogP contribution in [-0.2, 0) is 10.7 Å². The van der Waals surface area contributed by atoms with Crippen molar-refractivity contribution in [3.05, 3.63) is 94.1 Å². The molecule has 0 aliphatic rings. The Balaban J connectivity index is 1.84. The molecular formula is C26H19F3O3S. The van der Waals surface area contributed by atoms with Crippen molar-refractivity contribution in [1.29, 1.82) is 0 Å². The van der Waals surface area contributed by atoms with Crippen LogP contribution in [0.1, 0.15) is 21.6 Å². The quantitative estimate of drug-likeness (QED) is 0.208. The van der Waals surface area contributed by atoms with Gasteiger partial charge in [-0.2, -0.15) is 8.78 Å². The van der Waals surface area contributed by atoms with Gasteiger partial charge in [0.05, 0.1) is 7.11 Å². The Morgan fingerprint density at radius 1 is 0.970 bits per heavy atom. The maximum absolute atomic E-state index is 15.8. The lowest BCUT2D eigenvalue weighted by Crippen LogP contribution is -2.16. The van der Waals surface area contributed by atoms with Crippen molar-refractivity contribution in [2.45, 2.75) is 12.8 Å². The number of fused-ring (bicyclic) bond motifs is 1. The van der Waals surface area contributed by atoms with Crippen LogP contribution in [0, 0.1) is 12.7 Å². The minimum atomic E-state index is -3.42. The van der Waals surface area contributed by atoms with E-state index in [1.54, 1.807) is 48.5 Å². The van der Waals surface area contributed by atoms with E-state index in [0.717, 1.165) is 35.1 Å². The summed E-state index contributed by atoms with van der Waals surface area (Å²) in [6.45, 7) is 1.45. The number of alkyl halides is 2. The predicted molar refractivity (Wildman–Crippen MR) is 124 cm³/mol. The van der Waals surface area contributed by atoms with Gasteiger partial charge in [0.15, 0.2) is 5.75 Å². The number of benzene rings is 3. The number of carbonyl (C=O) groups excluding carboxylic acids is 1. The zero-order chi connectivity index (χ0) is 23.6. The highest BCUT2D eigenvalue weighted by Gasteiger charge is 2.41. The molecule has 1 aromatic heterocycles. The van der Waals surface area contributed by atoms with Crippen LogP contribution in [-0.4, -0.2) is 13.4 Å². The van der Waals surface area contributed by atoms with Gasteiger partial charge in [0, 0.05) is 15.6 Å². The van der Waals surface area contributed by atoms with Crippen LogP contribution in [0.5, 0.6) is 17.2 Å². The van der Waals surface area contributed by atoms with E-state index in [-0.39, 0.29) is 21.8 Å². The van der Waals surface area contributed by atoms with Crippen molar-refractivity contribution in [1.82, 2.24) is 0 Å². The average molecular weight is 468 g/mol. The fourth-order valence-electron chi connectivity index (χ4n) is 3.51. The summed E-state index contributed by atoms with van der Waals surface area (Å²) in [5.74, 6) is -3.07. The van der Waals surface area contributed by atoms with Crippen molar-refractivity contribution in [3.63, 3.8) is 0 Å². The molecule has 4 aromatic rings. The average Bonchev–Trinajstić information content (AvgIpc) is 3.16. The number of rotatable bonds is 7. The molecule has 4 rings (SSSR count). The number of allylic oxidation sites excluding steroid dienone is 1. The highest BCUT2D eigenvalue weighted by atomic mass is 32.1. The number of aldehydes is 1. The normalized spacial score (nSPS) is 11.8. The molecule has 0 N–H and O–H groups in total. The van der Waals surface area contributed by atoms with E-state index in [4.69, 9.17) is 9.47 Å². The smallest absolute Gasteiger partial charge is 0.311 e. The van der Waals surface area contributed by atoms with E-state index < -0.39 is 11.7 Å². The molecule has 0 spiro atoms. The molecule has 0 aliphatic carbocycles. The van der Waals surface area contributed by atoms with E-state index in [2.05, 4.69) is 0 Å². The molecule has 7 heteroatoms. The second kappa shape index (κ2) is 9.11. The lowest BCUT2D eigenvalue weighted by atomic mass is 10.0. The first kappa shape index (κ1) is 22.6. The highest BCUT2D eigenvalue weighted by molar-refractivity contribution is 7.19. The largest absolute Gasteiger partial charge is 0.497 e. The molecule has 0 radical (unpaired) electrons. The van der Waals surface area contributed by atoms with Gasteiger partial charge in [0.2, 0.25) is 0 Å². The van der Waals surface area contributed by atoms with Crippen LogP contribution in [0.15, 0.2) is 66.7 Å². The number of carbonyl (C=O) groups is 1. The Bertz CT molecular complexity index is 1340.